The molecule has 2 fully saturated rings. The van der Waals surface area contributed by atoms with Crippen LogP contribution in [0.1, 0.15) is 60.9 Å². The number of carbonyl (C=O) groups is 3. The largest absolute Gasteiger partial charge is 0.497 e. The number of ketones is 1. The Balaban J connectivity index is 0.00000451. The normalized spacial score (nSPS) is 17.0. The summed E-state index contributed by atoms with van der Waals surface area (Å²) in [5.41, 5.74) is 2.82. The maximum Gasteiger partial charge on any atom is 0.270 e. The van der Waals surface area contributed by atoms with Gasteiger partial charge in [0.15, 0.2) is 5.78 Å². The third-order valence-electron chi connectivity index (χ3n) is 8.90. The smallest absolute Gasteiger partial charge is 0.270 e. The van der Waals surface area contributed by atoms with Crippen LogP contribution in [0.2, 0.25) is 0 Å². The fraction of sp³-hybridized carbons (Fsp3) is 0.371. The molecule has 12 heteroatoms. The van der Waals surface area contributed by atoms with Crippen LogP contribution in [0.15, 0.2) is 67.0 Å². The van der Waals surface area contributed by atoms with Crippen molar-refractivity contribution in [2.24, 2.45) is 0 Å². The minimum absolute atomic E-state index is 0. The molecule has 2 amide bonds. The van der Waals surface area contributed by atoms with Gasteiger partial charge < -0.3 is 29.3 Å². The number of aromatic nitrogens is 4. The third-order valence-corrected chi connectivity index (χ3v) is 8.90. The average molecular weight is 639 g/mol. The topological polar surface area (TPSA) is 126 Å². The first-order valence-corrected chi connectivity index (χ1v) is 16.0. The van der Waals surface area contributed by atoms with Crippen LogP contribution >= 0.6 is 0 Å². The zero-order valence-electron chi connectivity index (χ0n) is 27.2. The summed E-state index contributed by atoms with van der Waals surface area (Å²) in [7, 11) is 5.10. The Hall–Kier alpha value is -5.26. The van der Waals surface area contributed by atoms with Crippen molar-refractivity contribution < 1.29 is 20.5 Å². The molecule has 0 bridgehead atoms. The summed E-state index contributed by atoms with van der Waals surface area (Å²) < 4.78 is 7.23. The van der Waals surface area contributed by atoms with E-state index < -0.39 is 0 Å². The molecule has 6 rings (SSSR count). The van der Waals surface area contributed by atoms with Crippen molar-refractivity contribution in [2.45, 2.75) is 44.7 Å². The van der Waals surface area contributed by atoms with Crippen molar-refractivity contribution in [3.8, 4) is 5.75 Å². The third kappa shape index (κ3) is 6.81. The average Bonchev–Trinajstić information content (AvgIpc) is 3.75. The zero-order valence-corrected chi connectivity index (χ0v) is 27.2. The summed E-state index contributed by atoms with van der Waals surface area (Å²) in [4.78, 5) is 57.9. The van der Waals surface area contributed by atoms with E-state index in [2.05, 4.69) is 31.7 Å². The van der Waals surface area contributed by atoms with Gasteiger partial charge in [0.25, 0.3) is 5.91 Å². The highest BCUT2D eigenvalue weighted by atomic mass is 16.5. The Morgan fingerprint density at radius 1 is 1.00 bits per heavy atom. The van der Waals surface area contributed by atoms with Crippen LogP contribution in [0.3, 0.4) is 0 Å². The fourth-order valence-electron chi connectivity index (χ4n) is 6.38. The summed E-state index contributed by atoms with van der Waals surface area (Å²) in [6, 6.07) is 12.8. The number of pyridine rings is 1. The van der Waals surface area contributed by atoms with Gasteiger partial charge in [-0.3, -0.25) is 14.4 Å². The van der Waals surface area contributed by atoms with E-state index in [1.807, 2.05) is 18.2 Å². The van der Waals surface area contributed by atoms with Crippen molar-refractivity contribution in [3.05, 3.63) is 78.3 Å². The number of nitrogens with zero attached hydrogens (tertiary/aromatic N) is 7. The minimum atomic E-state index is -0.232. The van der Waals surface area contributed by atoms with E-state index in [4.69, 9.17) is 9.72 Å². The maximum atomic E-state index is 13.0. The molecule has 0 radical (unpaired) electrons. The van der Waals surface area contributed by atoms with Crippen LogP contribution in [0.4, 0.5) is 17.5 Å². The number of amides is 2. The predicted molar refractivity (Wildman–Crippen MR) is 183 cm³/mol. The molecule has 0 unspecified atom stereocenters. The second kappa shape index (κ2) is 13.6. The molecule has 246 valence electrons. The van der Waals surface area contributed by atoms with E-state index in [1.165, 1.54) is 12.2 Å². The number of allylic oxidation sites excluding steroid dienone is 1. The number of hydrogen-bond donors (Lipinski definition) is 1. The lowest BCUT2D eigenvalue weighted by Gasteiger charge is -2.40. The van der Waals surface area contributed by atoms with E-state index >= 15 is 0 Å². The Morgan fingerprint density at radius 2 is 1.77 bits per heavy atom. The van der Waals surface area contributed by atoms with Gasteiger partial charge in [-0.15, -0.1) is 0 Å². The van der Waals surface area contributed by atoms with Crippen LogP contribution in [0, 0.1) is 0 Å². The van der Waals surface area contributed by atoms with Crippen molar-refractivity contribution in [3.63, 3.8) is 0 Å². The molecular formula is C35H42N8O4. The van der Waals surface area contributed by atoms with Crippen molar-refractivity contribution >= 4 is 46.1 Å². The van der Waals surface area contributed by atoms with Crippen LogP contribution in [-0.4, -0.2) is 93.8 Å². The van der Waals surface area contributed by atoms with E-state index in [0.29, 0.717) is 48.4 Å². The predicted octanol–water partition coefficient (Wildman–Crippen LogP) is 5.12. The van der Waals surface area contributed by atoms with Crippen LogP contribution < -0.4 is 15.0 Å². The molecule has 47 heavy (non-hydrogen) atoms. The van der Waals surface area contributed by atoms with Crippen molar-refractivity contribution in [1.82, 2.24) is 29.3 Å². The highest BCUT2D eigenvalue weighted by Gasteiger charge is 2.28. The number of benzene rings is 1. The van der Waals surface area contributed by atoms with Gasteiger partial charge in [0, 0.05) is 70.5 Å². The SMILES string of the molecule is COc1ccc(C(=O)/C=C/C(=O)N2CCN(c3ccc(Nc4ncc5cc(C(=O)N(C)C)n(C6CCCC6)c5n4)nc3)[C@@H](C)C2)cc1.[HH]. The second-order valence-electron chi connectivity index (χ2n) is 12.3. The van der Waals surface area contributed by atoms with E-state index in [0.717, 1.165) is 42.4 Å². The Morgan fingerprint density at radius 3 is 2.43 bits per heavy atom. The molecule has 1 saturated carbocycles. The summed E-state index contributed by atoms with van der Waals surface area (Å²) in [6.45, 7) is 3.74. The number of rotatable bonds is 9. The van der Waals surface area contributed by atoms with Crippen molar-refractivity contribution in [1.29, 1.82) is 0 Å². The molecule has 1 aliphatic heterocycles. The first-order valence-electron chi connectivity index (χ1n) is 16.0. The summed E-state index contributed by atoms with van der Waals surface area (Å²) in [6.07, 6.45) is 10.6. The molecule has 12 nitrogen and oxygen atoms in total. The Bertz CT molecular complexity index is 1800. The number of piperazine rings is 1. The fourth-order valence-corrected chi connectivity index (χ4v) is 6.38. The lowest BCUT2D eigenvalue weighted by atomic mass is 10.1. The lowest BCUT2D eigenvalue weighted by Crippen LogP contribution is -2.53. The van der Waals surface area contributed by atoms with Gasteiger partial charge in [-0.1, -0.05) is 12.8 Å². The van der Waals surface area contributed by atoms with E-state index in [-0.39, 0.29) is 31.1 Å². The number of methoxy groups -OCH3 is 1. The van der Waals surface area contributed by atoms with Crippen LogP contribution in [-0.2, 0) is 4.79 Å². The van der Waals surface area contributed by atoms with E-state index in [1.54, 1.807) is 67.7 Å². The molecule has 4 aromatic rings. The number of nitrogens with one attached hydrogen (secondary N) is 1. The van der Waals surface area contributed by atoms with Gasteiger partial charge in [-0.2, -0.15) is 4.98 Å². The monoisotopic (exact) mass is 638 g/mol. The van der Waals surface area contributed by atoms with Gasteiger partial charge in [0.1, 0.15) is 22.9 Å². The highest BCUT2D eigenvalue weighted by molar-refractivity contribution is 6.07. The number of hydrogen-bond acceptors (Lipinski definition) is 9. The molecule has 1 aromatic carbocycles. The molecule has 4 heterocycles. The number of ether oxygens (including phenoxy) is 1. The second-order valence-corrected chi connectivity index (χ2v) is 12.3. The number of carbonyl (C=O) groups excluding carboxylic acids is 3. The van der Waals surface area contributed by atoms with Gasteiger partial charge in [-0.05, 0) is 68.3 Å². The Labute approximate surface area is 275 Å². The summed E-state index contributed by atoms with van der Waals surface area (Å²) in [5, 5.41) is 4.06. The quantitative estimate of drug-likeness (QED) is 0.196. The van der Waals surface area contributed by atoms with Gasteiger partial charge in [0.05, 0.1) is 19.0 Å². The molecule has 1 aliphatic carbocycles. The summed E-state index contributed by atoms with van der Waals surface area (Å²) >= 11 is 0. The molecule has 3 aromatic heterocycles. The Kier molecular flexibility index (Phi) is 9.19. The first kappa shape index (κ1) is 31.7. The van der Waals surface area contributed by atoms with E-state index in [9.17, 15) is 14.4 Å². The van der Waals surface area contributed by atoms with Gasteiger partial charge in [-0.25, -0.2) is 9.97 Å². The van der Waals surface area contributed by atoms with Gasteiger partial charge in [0.2, 0.25) is 11.9 Å². The highest BCUT2D eigenvalue weighted by Crippen LogP contribution is 2.35. The van der Waals surface area contributed by atoms with Gasteiger partial charge >= 0.3 is 0 Å². The zero-order chi connectivity index (χ0) is 33.1. The molecule has 0 spiro atoms. The van der Waals surface area contributed by atoms with Crippen LogP contribution in [0.25, 0.3) is 11.0 Å². The first-order chi connectivity index (χ1) is 22.7. The molecule has 2 aliphatic rings. The molecule has 1 saturated heterocycles. The minimum Gasteiger partial charge on any atom is -0.497 e. The lowest BCUT2D eigenvalue weighted by molar-refractivity contribution is -0.126. The molecule has 1 atom stereocenters. The number of anilines is 3. The standard InChI is InChI=1S/C35H40N8O4.H2/c1-23-22-41(32(45)16-14-30(44)24-9-12-28(47-4)13-10-24)17-18-42(23)27-11-15-31(36-21-27)38-35-37-20-25-19-29(34(46)40(2)3)43(33(25)39-35)26-7-5-6-8-26;/h9-16,19-21,23,26H,5-8,17-18,22H2,1-4H3,(H,36,37,38,39);1H/b16-14+;/t23-;/m0./s1. The number of fused-ring (bicyclic) bond motifs is 1. The summed E-state index contributed by atoms with van der Waals surface area (Å²) in [5.74, 6) is 1.22. The molecule has 1 N–H and O–H groups in total. The molecular weight excluding hydrogens is 596 g/mol. The van der Waals surface area contributed by atoms with Crippen molar-refractivity contribution in [2.75, 3.05) is 51.1 Å². The van der Waals surface area contributed by atoms with Crippen LogP contribution in [0.5, 0.6) is 5.75 Å². The maximum absolute atomic E-state index is 13.0.